The molecular weight excluding hydrogens is 314 g/mol. The van der Waals surface area contributed by atoms with E-state index in [9.17, 15) is 27.5 Å². The third-order valence-corrected chi connectivity index (χ3v) is 3.27. The van der Waals surface area contributed by atoms with Crippen molar-refractivity contribution in [3.8, 4) is 11.3 Å². The highest BCUT2D eigenvalue weighted by Gasteiger charge is 2.18. The molecule has 0 spiro atoms. The van der Waals surface area contributed by atoms with Gasteiger partial charge < -0.3 is 5.11 Å². The van der Waals surface area contributed by atoms with Crippen molar-refractivity contribution < 1.29 is 27.5 Å². The number of hydrogen-bond acceptors (Lipinski definition) is 2. The molecule has 0 atom stereocenters. The predicted octanol–water partition coefficient (Wildman–Crippen LogP) is 4.16. The molecule has 2 aromatic carbocycles. The number of fused-ring (bicyclic) bond motifs is 1. The van der Waals surface area contributed by atoms with Gasteiger partial charge in [0.05, 0.1) is 11.3 Å². The van der Waals surface area contributed by atoms with Gasteiger partial charge in [-0.2, -0.15) is 0 Å². The summed E-state index contributed by atoms with van der Waals surface area (Å²) >= 11 is 0. The molecule has 0 saturated carbocycles. The lowest BCUT2D eigenvalue weighted by Gasteiger charge is -2.09. The minimum absolute atomic E-state index is 0.266. The number of carboxylic acids is 1. The minimum atomic E-state index is -1.47. The third-order valence-electron chi connectivity index (χ3n) is 3.27. The number of benzene rings is 2. The first-order chi connectivity index (χ1) is 10.9. The van der Waals surface area contributed by atoms with E-state index in [1.54, 1.807) is 0 Å². The molecule has 1 heterocycles. The molecule has 0 aliphatic carbocycles. The quantitative estimate of drug-likeness (QED) is 0.721. The zero-order valence-corrected chi connectivity index (χ0v) is 11.3. The van der Waals surface area contributed by atoms with Gasteiger partial charge in [-0.05, 0) is 30.3 Å². The van der Waals surface area contributed by atoms with Crippen LogP contribution in [0.2, 0.25) is 0 Å². The molecule has 116 valence electrons. The van der Waals surface area contributed by atoms with Crippen molar-refractivity contribution in [1.29, 1.82) is 0 Å². The van der Waals surface area contributed by atoms with E-state index in [0.717, 1.165) is 30.3 Å². The first-order valence-electron chi connectivity index (χ1n) is 6.35. The molecule has 3 nitrogen and oxygen atoms in total. The molecule has 0 aliphatic rings. The van der Waals surface area contributed by atoms with Gasteiger partial charge in [0.25, 0.3) is 0 Å². The fourth-order valence-electron chi connectivity index (χ4n) is 2.26. The number of carboxylic acid groups (broad SMARTS) is 1. The molecule has 0 unspecified atom stereocenters. The van der Waals surface area contributed by atoms with Gasteiger partial charge >= 0.3 is 5.97 Å². The number of aromatic carboxylic acids is 1. The molecule has 3 aromatic rings. The van der Waals surface area contributed by atoms with Gasteiger partial charge in [-0.25, -0.2) is 27.3 Å². The van der Waals surface area contributed by atoms with Gasteiger partial charge in [-0.3, -0.25) is 0 Å². The molecule has 1 aromatic heterocycles. The second-order valence-electron chi connectivity index (χ2n) is 4.77. The van der Waals surface area contributed by atoms with Gasteiger partial charge in [0.1, 0.15) is 23.0 Å². The van der Waals surface area contributed by atoms with Crippen LogP contribution in [0.5, 0.6) is 0 Å². The van der Waals surface area contributed by atoms with E-state index in [1.807, 2.05) is 0 Å². The van der Waals surface area contributed by atoms with Crippen LogP contribution < -0.4 is 0 Å². The minimum Gasteiger partial charge on any atom is -0.478 e. The summed E-state index contributed by atoms with van der Waals surface area (Å²) in [5.74, 6) is -5.15. The predicted molar refractivity (Wildman–Crippen MR) is 74.0 cm³/mol. The van der Waals surface area contributed by atoms with Crippen LogP contribution in [-0.2, 0) is 0 Å². The van der Waals surface area contributed by atoms with Gasteiger partial charge in [0, 0.05) is 17.0 Å². The highest BCUT2D eigenvalue weighted by atomic mass is 19.1. The van der Waals surface area contributed by atoms with Crippen molar-refractivity contribution in [3.63, 3.8) is 0 Å². The number of hydrogen-bond donors (Lipinski definition) is 1. The number of carbonyl (C=O) groups is 1. The van der Waals surface area contributed by atoms with Crippen molar-refractivity contribution in [1.82, 2.24) is 4.98 Å². The maximum absolute atomic E-state index is 13.9. The molecule has 0 aliphatic heterocycles. The largest absolute Gasteiger partial charge is 0.478 e. The SMILES string of the molecule is O=C(O)c1cc(-c2cc(F)ccc2F)nc2c(F)cc(F)cc12. The molecule has 3 rings (SSSR count). The van der Waals surface area contributed by atoms with Crippen LogP contribution in [0.1, 0.15) is 10.4 Å². The summed E-state index contributed by atoms with van der Waals surface area (Å²) in [6.07, 6.45) is 0. The van der Waals surface area contributed by atoms with Crippen LogP contribution in [0.3, 0.4) is 0 Å². The molecule has 7 heteroatoms. The molecule has 23 heavy (non-hydrogen) atoms. The topological polar surface area (TPSA) is 50.2 Å². The first-order valence-corrected chi connectivity index (χ1v) is 6.35. The zero-order valence-electron chi connectivity index (χ0n) is 11.3. The molecule has 0 radical (unpaired) electrons. The van der Waals surface area contributed by atoms with E-state index in [4.69, 9.17) is 0 Å². The number of rotatable bonds is 2. The van der Waals surface area contributed by atoms with Crippen molar-refractivity contribution in [2.24, 2.45) is 0 Å². The van der Waals surface area contributed by atoms with E-state index in [0.29, 0.717) is 6.07 Å². The van der Waals surface area contributed by atoms with E-state index in [-0.39, 0.29) is 16.6 Å². The Balaban J connectivity index is 2.40. The summed E-state index contributed by atoms with van der Waals surface area (Å²) in [7, 11) is 0. The summed E-state index contributed by atoms with van der Waals surface area (Å²) in [5, 5.41) is 8.95. The Labute approximate surface area is 126 Å². The van der Waals surface area contributed by atoms with Crippen molar-refractivity contribution in [3.05, 3.63) is 65.2 Å². The van der Waals surface area contributed by atoms with E-state index in [1.165, 1.54) is 0 Å². The number of aromatic nitrogens is 1. The Morgan fingerprint density at radius 1 is 0.913 bits per heavy atom. The fraction of sp³-hybridized carbons (Fsp3) is 0. The number of nitrogens with zero attached hydrogens (tertiary/aromatic N) is 1. The fourth-order valence-corrected chi connectivity index (χ4v) is 2.26. The molecule has 0 saturated heterocycles. The molecule has 1 N–H and O–H groups in total. The van der Waals surface area contributed by atoms with Crippen LogP contribution in [0.25, 0.3) is 22.2 Å². The van der Waals surface area contributed by atoms with Crippen molar-refractivity contribution in [2.45, 2.75) is 0 Å². The van der Waals surface area contributed by atoms with Gasteiger partial charge in [-0.15, -0.1) is 0 Å². The summed E-state index contributed by atoms with van der Waals surface area (Å²) in [4.78, 5) is 15.2. The Kier molecular flexibility index (Phi) is 3.48. The third kappa shape index (κ3) is 2.61. The summed E-state index contributed by atoms with van der Waals surface area (Å²) in [6, 6.07) is 4.84. The highest BCUT2D eigenvalue weighted by molar-refractivity contribution is 6.03. The molecule has 0 fully saturated rings. The van der Waals surface area contributed by atoms with Crippen LogP contribution in [0.15, 0.2) is 36.4 Å². The Hall–Kier alpha value is -2.96. The van der Waals surface area contributed by atoms with Gasteiger partial charge in [-0.1, -0.05) is 0 Å². The lowest BCUT2D eigenvalue weighted by molar-refractivity contribution is 0.0699. The lowest BCUT2D eigenvalue weighted by atomic mass is 10.0. The van der Waals surface area contributed by atoms with Gasteiger partial charge in [0.2, 0.25) is 0 Å². The summed E-state index contributed by atoms with van der Waals surface area (Å²) < 4.78 is 54.4. The summed E-state index contributed by atoms with van der Waals surface area (Å²) in [6.45, 7) is 0. The van der Waals surface area contributed by atoms with Crippen LogP contribution in [0.4, 0.5) is 17.6 Å². The van der Waals surface area contributed by atoms with Crippen molar-refractivity contribution >= 4 is 16.9 Å². The smallest absolute Gasteiger partial charge is 0.336 e. The Bertz CT molecular complexity index is 956. The maximum Gasteiger partial charge on any atom is 0.336 e. The average molecular weight is 321 g/mol. The van der Waals surface area contributed by atoms with E-state index >= 15 is 0 Å². The molecule has 0 bridgehead atoms. The molecule has 0 amide bonds. The highest BCUT2D eigenvalue weighted by Crippen LogP contribution is 2.29. The van der Waals surface area contributed by atoms with E-state index in [2.05, 4.69) is 4.98 Å². The number of halogens is 4. The second kappa shape index (κ2) is 5.35. The normalized spacial score (nSPS) is 11.0. The first kappa shape index (κ1) is 15.0. The lowest BCUT2D eigenvalue weighted by Crippen LogP contribution is -2.03. The monoisotopic (exact) mass is 321 g/mol. The van der Waals surface area contributed by atoms with Crippen LogP contribution in [0, 0.1) is 23.3 Å². The van der Waals surface area contributed by atoms with Gasteiger partial charge in [0.15, 0.2) is 5.82 Å². The van der Waals surface area contributed by atoms with Crippen LogP contribution in [-0.4, -0.2) is 16.1 Å². The standard InChI is InChI=1S/C16H7F4NO2/c17-7-1-2-12(19)11(3-7)14-6-10(16(22)23)9-4-8(18)5-13(20)15(9)21-14/h1-6H,(H,22,23). The Morgan fingerprint density at radius 2 is 1.65 bits per heavy atom. The average Bonchev–Trinajstić information content (AvgIpc) is 2.48. The Morgan fingerprint density at radius 3 is 2.35 bits per heavy atom. The van der Waals surface area contributed by atoms with Crippen LogP contribution >= 0.6 is 0 Å². The van der Waals surface area contributed by atoms with Crippen molar-refractivity contribution in [2.75, 3.05) is 0 Å². The summed E-state index contributed by atoms with van der Waals surface area (Å²) in [5.41, 5.74) is -1.49. The van der Waals surface area contributed by atoms with E-state index < -0.39 is 40.3 Å². The maximum atomic E-state index is 13.9. The number of pyridine rings is 1. The zero-order chi connectivity index (χ0) is 16.7. The molecular formula is C16H7F4NO2. The second-order valence-corrected chi connectivity index (χ2v) is 4.77.